The molecule has 0 aliphatic rings. The molecule has 0 bridgehead atoms. The average Bonchev–Trinajstić information content (AvgIpc) is 2.72. The van der Waals surface area contributed by atoms with Gasteiger partial charge in [0, 0.05) is 13.3 Å². The van der Waals surface area contributed by atoms with E-state index in [0.29, 0.717) is 19.3 Å². The van der Waals surface area contributed by atoms with E-state index in [0.717, 1.165) is 12.0 Å². The standard InChI is InChI=1S/C25H39NO5/c1-3-4-5-6-7-8-11-21-13-15-22(16-14-21)17-19-25(24(30)31,26-20(2)27)18-10-9-12-23(28)29/h13-16H,3-12,17-19H2,1-2H3,(H,26,27)(H,28,29)(H,30,31). The van der Waals surface area contributed by atoms with Crippen molar-refractivity contribution in [2.45, 2.75) is 103 Å². The highest BCUT2D eigenvalue weighted by Crippen LogP contribution is 2.23. The molecular formula is C25H39NO5. The van der Waals surface area contributed by atoms with Gasteiger partial charge in [-0.05, 0) is 56.1 Å². The van der Waals surface area contributed by atoms with Crippen LogP contribution in [0.3, 0.4) is 0 Å². The molecule has 6 nitrogen and oxygen atoms in total. The molecule has 0 aliphatic carbocycles. The zero-order chi connectivity index (χ0) is 23.1. The fraction of sp³-hybridized carbons (Fsp3) is 0.640. The number of hydrogen-bond donors (Lipinski definition) is 3. The van der Waals surface area contributed by atoms with Crippen molar-refractivity contribution in [1.82, 2.24) is 5.32 Å². The topological polar surface area (TPSA) is 104 Å². The molecule has 0 aromatic heterocycles. The van der Waals surface area contributed by atoms with Gasteiger partial charge >= 0.3 is 11.9 Å². The predicted octanol–water partition coefficient (Wildman–Crippen LogP) is 5.13. The van der Waals surface area contributed by atoms with E-state index in [1.165, 1.54) is 51.0 Å². The van der Waals surface area contributed by atoms with Crippen molar-refractivity contribution in [3.63, 3.8) is 0 Å². The molecule has 174 valence electrons. The molecule has 1 rings (SSSR count). The molecule has 0 saturated carbocycles. The fourth-order valence-corrected chi connectivity index (χ4v) is 3.90. The van der Waals surface area contributed by atoms with Crippen LogP contribution in [-0.2, 0) is 27.2 Å². The minimum Gasteiger partial charge on any atom is -0.481 e. The number of nitrogens with one attached hydrogen (secondary N) is 1. The van der Waals surface area contributed by atoms with Crippen molar-refractivity contribution in [3.05, 3.63) is 35.4 Å². The Morgan fingerprint density at radius 1 is 0.806 bits per heavy atom. The predicted molar refractivity (Wildman–Crippen MR) is 122 cm³/mol. The summed E-state index contributed by atoms with van der Waals surface area (Å²) in [5, 5.41) is 21.3. The Morgan fingerprint density at radius 3 is 1.94 bits per heavy atom. The Bertz CT molecular complexity index is 686. The summed E-state index contributed by atoms with van der Waals surface area (Å²) < 4.78 is 0. The number of aliphatic carboxylic acids is 2. The molecule has 6 heteroatoms. The van der Waals surface area contributed by atoms with Crippen LogP contribution in [0.25, 0.3) is 0 Å². The quantitative estimate of drug-likeness (QED) is 0.296. The molecule has 1 atom stereocenters. The lowest BCUT2D eigenvalue weighted by atomic mass is 9.85. The van der Waals surface area contributed by atoms with Gasteiger partial charge in [0.25, 0.3) is 0 Å². The van der Waals surface area contributed by atoms with Gasteiger partial charge in [0.15, 0.2) is 0 Å². The third-order valence-corrected chi connectivity index (χ3v) is 5.75. The van der Waals surface area contributed by atoms with E-state index in [1.54, 1.807) is 0 Å². The molecule has 0 heterocycles. The summed E-state index contributed by atoms with van der Waals surface area (Å²) in [5.41, 5.74) is 0.953. The number of carboxylic acid groups (broad SMARTS) is 2. The van der Waals surface area contributed by atoms with Crippen LogP contribution in [-0.4, -0.2) is 33.6 Å². The van der Waals surface area contributed by atoms with Crippen LogP contribution in [0.5, 0.6) is 0 Å². The van der Waals surface area contributed by atoms with Gasteiger partial charge in [-0.1, -0.05) is 63.3 Å². The van der Waals surface area contributed by atoms with Crippen LogP contribution in [0.2, 0.25) is 0 Å². The number of amides is 1. The second-order valence-electron chi connectivity index (χ2n) is 8.50. The Balaban J connectivity index is 2.62. The minimum absolute atomic E-state index is 0.00413. The minimum atomic E-state index is -1.37. The van der Waals surface area contributed by atoms with Crippen LogP contribution in [0.15, 0.2) is 24.3 Å². The highest BCUT2D eigenvalue weighted by atomic mass is 16.4. The first-order valence-corrected chi connectivity index (χ1v) is 11.6. The molecular weight excluding hydrogens is 394 g/mol. The van der Waals surface area contributed by atoms with Gasteiger partial charge in [0.1, 0.15) is 5.54 Å². The van der Waals surface area contributed by atoms with Crippen LogP contribution in [0, 0.1) is 0 Å². The molecule has 1 aromatic rings. The summed E-state index contributed by atoms with van der Waals surface area (Å²) >= 11 is 0. The Kier molecular flexibility index (Phi) is 12.6. The van der Waals surface area contributed by atoms with Crippen molar-refractivity contribution >= 4 is 17.8 Å². The number of carbonyl (C=O) groups excluding carboxylic acids is 1. The summed E-state index contributed by atoms with van der Waals surface area (Å²) in [6, 6.07) is 8.29. The molecule has 3 N–H and O–H groups in total. The number of aryl methyl sites for hydroxylation is 2. The summed E-state index contributed by atoms with van der Waals surface area (Å²) in [6.45, 7) is 3.53. The lowest BCUT2D eigenvalue weighted by molar-refractivity contribution is -0.148. The molecule has 1 unspecified atom stereocenters. The molecule has 1 amide bonds. The van der Waals surface area contributed by atoms with E-state index < -0.39 is 23.4 Å². The first kappa shape index (κ1) is 26.7. The summed E-state index contributed by atoms with van der Waals surface area (Å²) in [6.07, 6.45) is 10.5. The first-order valence-electron chi connectivity index (χ1n) is 11.6. The van der Waals surface area contributed by atoms with Gasteiger partial charge < -0.3 is 15.5 Å². The second-order valence-corrected chi connectivity index (χ2v) is 8.50. The number of hydrogen-bond acceptors (Lipinski definition) is 3. The van der Waals surface area contributed by atoms with Crippen molar-refractivity contribution in [3.8, 4) is 0 Å². The maximum absolute atomic E-state index is 12.0. The largest absolute Gasteiger partial charge is 0.481 e. The monoisotopic (exact) mass is 433 g/mol. The van der Waals surface area contributed by atoms with E-state index in [4.69, 9.17) is 5.11 Å². The number of carbonyl (C=O) groups is 3. The van der Waals surface area contributed by atoms with Crippen molar-refractivity contribution in [1.29, 1.82) is 0 Å². The van der Waals surface area contributed by atoms with Gasteiger partial charge in [-0.3, -0.25) is 9.59 Å². The van der Waals surface area contributed by atoms with E-state index in [2.05, 4.69) is 24.4 Å². The third kappa shape index (κ3) is 11.0. The van der Waals surface area contributed by atoms with E-state index in [9.17, 15) is 19.5 Å². The van der Waals surface area contributed by atoms with E-state index >= 15 is 0 Å². The molecule has 31 heavy (non-hydrogen) atoms. The highest BCUT2D eigenvalue weighted by molar-refractivity contribution is 5.86. The molecule has 0 spiro atoms. The second kappa shape index (κ2) is 14.6. The fourth-order valence-electron chi connectivity index (χ4n) is 3.90. The van der Waals surface area contributed by atoms with Crippen LogP contribution in [0.4, 0.5) is 0 Å². The summed E-state index contributed by atoms with van der Waals surface area (Å²) in [4.78, 5) is 34.4. The Labute approximate surface area is 186 Å². The molecule has 0 aliphatic heterocycles. The average molecular weight is 434 g/mol. The zero-order valence-electron chi connectivity index (χ0n) is 19.1. The normalized spacial score (nSPS) is 12.8. The number of rotatable bonds is 17. The van der Waals surface area contributed by atoms with Crippen molar-refractivity contribution in [2.75, 3.05) is 0 Å². The zero-order valence-corrected chi connectivity index (χ0v) is 19.1. The first-order chi connectivity index (χ1) is 14.8. The van der Waals surface area contributed by atoms with E-state index in [-0.39, 0.29) is 19.3 Å². The molecule has 1 aromatic carbocycles. The van der Waals surface area contributed by atoms with Gasteiger partial charge in [-0.15, -0.1) is 0 Å². The number of unbranched alkanes of at least 4 members (excludes halogenated alkanes) is 6. The van der Waals surface area contributed by atoms with E-state index in [1.807, 2.05) is 12.1 Å². The lowest BCUT2D eigenvalue weighted by Crippen LogP contribution is -2.54. The van der Waals surface area contributed by atoms with Crippen molar-refractivity contribution < 1.29 is 24.6 Å². The Morgan fingerprint density at radius 2 is 1.39 bits per heavy atom. The highest BCUT2D eigenvalue weighted by Gasteiger charge is 2.38. The molecule has 0 radical (unpaired) electrons. The van der Waals surface area contributed by atoms with Crippen LogP contribution < -0.4 is 5.32 Å². The number of benzene rings is 1. The smallest absolute Gasteiger partial charge is 0.329 e. The maximum Gasteiger partial charge on any atom is 0.329 e. The third-order valence-electron chi connectivity index (χ3n) is 5.75. The van der Waals surface area contributed by atoms with Crippen molar-refractivity contribution in [2.24, 2.45) is 0 Å². The Hall–Kier alpha value is -2.37. The SMILES string of the molecule is CCCCCCCCc1ccc(CCC(CCCCC(=O)O)(NC(C)=O)C(=O)O)cc1. The van der Waals surface area contributed by atoms with Gasteiger partial charge in [-0.2, -0.15) is 0 Å². The maximum atomic E-state index is 12.0. The van der Waals surface area contributed by atoms with Crippen LogP contribution >= 0.6 is 0 Å². The van der Waals surface area contributed by atoms with Gasteiger partial charge in [-0.25, -0.2) is 4.79 Å². The van der Waals surface area contributed by atoms with Crippen LogP contribution in [0.1, 0.15) is 95.6 Å². The van der Waals surface area contributed by atoms with Gasteiger partial charge in [0.2, 0.25) is 5.91 Å². The molecule has 0 saturated heterocycles. The number of carboxylic acids is 2. The lowest BCUT2D eigenvalue weighted by Gasteiger charge is -2.30. The van der Waals surface area contributed by atoms with Gasteiger partial charge in [0.05, 0.1) is 0 Å². The summed E-state index contributed by atoms with van der Waals surface area (Å²) in [7, 11) is 0. The molecule has 0 fully saturated rings. The summed E-state index contributed by atoms with van der Waals surface area (Å²) in [5.74, 6) is -2.37.